The van der Waals surface area contributed by atoms with Gasteiger partial charge in [-0.3, -0.25) is 10.1 Å². The zero-order valence-electron chi connectivity index (χ0n) is 11.5. The minimum Gasteiger partial charge on any atom is -0.382 e. The Balaban J connectivity index is 1.97. The molecule has 0 atom stereocenters. The Morgan fingerprint density at radius 2 is 1.84 bits per heavy atom. The number of aryl methyl sites for hydroxylation is 1. The summed E-state index contributed by atoms with van der Waals surface area (Å²) in [6.07, 6.45) is 4.64. The van der Waals surface area contributed by atoms with Gasteiger partial charge in [-0.1, -0.05) is 0 Å². The summed E-state index contributed by atoms with van der Waals surface area (Å²) in [5.41, 5.74) is 1.87. The van der Waals surface area contributed by atoms with E-state index in [0.29, 0.717) is 17.6 Å². The fraction of sp³-hybridized carbons (Fsp3) is 0.571. The highest BCUT2D eigenvalue weighted by Crippen LogP contribution is 2.25. The van der Waals surface area contributed by atoms with E-state index in [1.807, 2.05) is 13.1 Å². The fourth-order valence-corrected chi connectivity index (χ4v) is 2.71. The van der Waals surface area contributed by atoms with Gasteiger partial charge in [-0.15, -0.1) is 0 Å². The lowest BCUT2D eigenvalue weighted by Gasteiger charge is -2.29. The molecule has 2 rings (SSSR count). The number of nitro benzene ring substituents is 1. The fourth-order valence-electron chi connectivity index (χ4n) is 2.71. The lowest BCUT2D eigenvalue weighted by molar-refractivity contribution is -0.385. The van der Waals surface area contributed by atoms with Gasteiger partial charge < -0.3 is 10.6 Å². The van der Waals surface area contributed by atoms with Crippen molar-refractivity contribution >= 4 is 11.4 Å². The van der Waals surface area contributed by atoms with Gasteiger partial charge in [0.15, 0.2) is 0 Å². The number of anilines is 1. The summed E-state index contributed by atoms with van der Waals surface area (Å²) in [5, 5.41) is 17.6. The quantitative estimate of drug-likeness (QED) is 0.647. The van der Waals surface area contributed by atoms with Crippen LogP contribution in [0.1, 0.15) is 31.2 Å². The van der Waals surface area contributed by atoms with Crippen molar-refractivity contribution in [1.82, 2.24) is 5.32 Å². The van der Waals surface area contributed by atoms with Crippen molar-refractivity contribution in [2.75, 3.05) is 12.4 Å². The smallest absolute Gasteiger partial charge is 0.272 e. The van der Waals surface area contributed by atoms with Crippen LogP contribution < -0.4 is 10.6 Å². The standard InChI is InChI=1S/C14H21N3O2/c1-10-9-13(7-8-14(10)17(18)19)16-12-5-3-11(15-2)4-6-12/h7-9,11-12,15-16H,3-6H2,1-2H3. The van der Waals surface area contributed by atoms with Crippen LogP contribution in [0.4, 0.5) is 11.4 Å². The van der Waals surface area contributed by atoms with Gasteiger partial charge in [0.25, 0.3) is 5.69 Å². The van der Waals surface area contributed by atoms with E-state index in [9.17, 15) is 10.1 Å². The highest BCUT2D eigenvalue weighted by molar-refractivity contribution is 5.54. The third-order valence-corrected chi connectivity index (χ3v) is 3.90. The summed E-state index contributed by atoms with van der Waals surface area (Å²) in [6, 6.07) is 6.36. The molecule has 0 radical (unpaired) electrons. The molecule has 5 nitrogen and oxygen atoms in total. The normalized spacial score (nSPS) is 23.1. The molecule has 0 unspecified atom stereocenters. The van der Waals surface area contributed by atoms with Crippen LogP contribution in [0, 0.1) is 17.0 Å². The van der Waals surface area contributed by atoms with Crippen molar-refractivity contribution < 1.29 is 4.92 Å². The van der Waals surface area contributed by atoms with Crippen molar-refractivity contribution in [1.29, 1.82) is 0 Å². The Morgan fingerprint density at radius 1 is 1.21 bits per heavy atom. The average molecular weight is 263 g/mol. The maximum absolute atomic E-state index is 10.8. The monoisotopic (exact) mass is 263 g/mol. The van der Waals surface area contributed by atoms with Gasteiger partial charge in [0.05, 0.1) is 4.92 Å². The third kappa shape index (κ3) is 3.44. The van der Waals surface area contributed by atoms with Crippen molar-refractivity contribution in [2.45, 2.75) is 44.7 Å². The first-order chi connectivity index (χ1) is 9.10. The van der Waals surface area contributed by atoms with E-state index < -0.39 is 0 Å². The molecule has 2 N–H and O–H groups in total. The van der Waals surface area contributed by atoms with Crippen molar-refractivity contribution in [2.24, 2.45) is 0 Å². The molecule has 19 heavy (non-hydrogen) atoms. The van der Waals surface area contributed by atoms with E-state index in [0.717, 1.165) is 18.5 Å². The van der Waals surface area contributed by atoms with Crippen LogP contribution in [0.5, 0.6) is 0 Å². The number of nitrogens with zero attached hydrogens (tertiary/aromatic N) is 1. The highest BCUT2D eigenvalue weighted by atomic mass is 16.6. The Morgan fingerprint density at radius 3 is 2.37 bits per heavy atom. The Bertz CT molecular complexity index is 454. The number of rotatable bonds is 4. The number of nitro groups is 1. The highest BCUT2D eigenvalue weighted by Gasteiger charge is 2.20. The maximum Gasteiger partial charge on any atom is 0.272 e. The van der Waals surface area contributed by atoms with Gasteiger partial charge in [-0.25, -0.2) is 0 Å². The summed E-state index contributed by atoms with van der Waals surface area (Å²) in [7, 11) is 2.01. The van der Waals surface area contributed by atoms with E-state index in [1.165, 1.54) is 12.8 Å². The Hall–Kier alpha value is -1.62. The largest absolute Gasteiger partial charge is 0.382 e. The van der Waals surface area contributed by atoms with Crippen molar-refractivity contribution in [3.63, 3.8) is 0 Å². The second kappa shape index (κ2) is 6.02. The number of nitrogens with one attached hydrogen (secondary N) is 2. The van der Waals surface area contributed by atoms with Gasteiger partial charge in [0, 0.05) is 29.4 Å². The van der Waals surface area contributed by atoms with Gasteiger partial charge in [0.2, 0.25) is 0 Å². The molecule has 0 aliphatic heterocycles. The molecule has 0 saturated heterocycles. The van der Waals surface area contributed by atoms with E-state index in [1.54, 1.807) is 19.1 Å². The zero-order valence-corrected chi connectivity index (χ0v) is 11.5. The summed E-state index contributed by atoms with van der Waals surface area (Å²) in [6.45, 7) is 1.78. The van der Waals surface area contributed by atoms with E-state index in [2.05, 4.69) is 10.6 Å². The molecule has 0 amide bonds. The summed E-state index contributed by atoms with van der Waals surface area (Å²) in [4.78, 5) is 10.4. The topological polar surface area (TPSA) is 67.2 Å². The Labute approximate surface area is 113 Å². The predicted octanol–water partition coefficient (Wildman–Crippen LogP) is 2.85. The van der Waals surface area contributed by atoms with E-state index in [-0.39, 0.29) is 10.6 Å². The molecule has 0 spiro atoms. The second-order valence-electron chi connectivity index (χ2n) is 5.24. The van der Waals surface area contributed by atoms with Crippen LogP contribution in [0.3, 0.4) is 0 Å². The Kier molecular flexibility index (Phi) is 4.37. The van der Waals surface area contributed by atoms with Crippen LogP contribution in [0.25, 0.3) is 0 Å². The van der Waals surface area contributed by atoms with Crippen LogP contribution in [-0.2, 0) is 0 Å². The van der Waals surface area contributed by atoms with E-state index in [4.69, 9.17) is 0 Å². The van der Waals surface area contributed by atoms with Gasteiger partial charge >= 0.3 is 0 Å². The molecule has 0 heterocycles. The van der Waals surface area contributed by atoms with E-state index >= 15 is 0 Å². The molecule has 1 aliphatic rings. The molecule has 1 aromatic carbocycles. The number of hydrogen-bond acceptors (Lipinski definition) is 4. The predicted molar refractivity (Wildman–Crippen MR) is 76.6 cm³/mol. The first kappa shape index (κ1) is 13.8. The molecule has 104 valence electrons. The van der Waals surface area contributed by atoms with Crippen LogP contribution >= 0.6 is 0 Å². The first-order valence-corrected chi connectivity index (χ1v) is 6.79. The molecule has 1 saturated carbocycles. The minimum absolute atomic E-state index is 0.185. The SMILES string of the molecule is CNC1CCC(Nc2ccc([N+](=O)[O-])c(C)c2)CC1. The third-order valence-electron chi connectivity index (χ3n) is 3.90. The maximum atomic E-state index is 10.8. The summed E-state index contributed by atoms with van der Waals surface area (Å²) >= 11 is 0. The zero-order chi connectivity index (χ0) is 13.8. The van der Waals surface area contributed by atoms with Crippen LogP contribution in [-0.4, -0.2) is 24.1 Å². The van der Waals surface area contributed by atoms with Crippen molar-refractivity contribution in [3.8, 4) is 0 Å². The molecule has 5 heteroatoms. The molecular weight excluding hydrogens is 242 g/mol. The molecule has 0 aromatic heterocycles. The molecule has 1 aromatic rings. The molecule has 1 fully saturated rings. The molecule has 1 aliphatic carbocycles. The second-order valence-corrected chi connectivity index (χ2v) is 5.24. The first-order valence-electron chi connectivity index (χ1n) is 6.79. The van der Waals surface area contributed by atoms with Gasteiger partial charge in [0.1, 0.15) is 0 Å². The number of hydrogen-bond donors (Lipinski definition) is 2. The summed E-state index contributed by atoms with van der Waals surface area (Å²) < 4.78 is 0. The molecule has 0 bridgehead atoms. The lowest BCUT2D eigenvalue weighted by atomic mass is 9.91. The average Bonchev–Trinajstić information content (AvgIpc) is 2.39. The molecular formula is C14H21N3O2. The van der Waals surface area contributed by atoms with Gasteiger partial charge in [-0.05, 0) is 51.8 Å². The van der Waals surface area contributed by atoms with Crippen molar-refractivity contribution in [3.05, 3.63) is 33.9 Å². The van der Waals surface area contributed by atoms with Gasteiger partial charge in [-0.2, -0.15) is 0 Å². The van der Waals surface area contributed by atoms with Crippen LogP contribution in [0.2, 0.25) is 0 Å². The number of benzene rings is 1. The minimum atomic E-state index is -0.336. The lowest BCUT2D eigenvalue weighted by Crippen LogP contribution is -2.34. The summed E-state index contributed by atoms with van der Waals surface area (Å²) in [5.74, 6) is 0. The van der Waals surface area contributed by atoms with Crippen LogP contribution in [0.15, 0.2) is 18.2 Å².